The van der Waals surface area contributed by atoms with Gasteiger partial charge in [-0.15, -0.1) is 0 Å². The summed E-state index contributed by atoms with van der Waals surface area (Å²) in [7, 11) is 0. The minimum Gasteiger partial charge on any atom is -0.393 e. The summed E-state index contributed by atoms with van der Waals surface area (Å²) < 4.78 is 0. The van der Waals surface area contributed by atoms with Gasteiger partial charge in [0.25, 0.3) is 0 Å². The number of hydrogen-bond acceptors (Lipinski definition) is 2. The van der Waals surface area contributed by atoms with Gasteiger partial charge in [0, 0.05) is 24.9 Å². The molecule has 1 saturated heterocycles. The number of rotatable bonds is 2. The molecule has 0 aromatic rings. The zero-order chi connectivity index (χ0) is 12.7. The van der Waals surface area contributed by atoms with Crippen molar-refractivity contribution in [1.29, 1.82) is 0 Å². The van der Waals surface area contributed by atoms with Crippen molar-refractivity contribution in [2.24, 2.45) is 23.7 Å². The second-order valence-electron chi connectivity index (χ2n) is 6.71. The third-order valence-corrected chi connectivity index (χ3v) is 5.51. The molecule has 1 aliphatic heterocycles. The molecule has 3 fully saturated rings. The highest BCUT2D eigenvalue weighted by Crippen LogP contribution is 2.49. The van der Waals surface area contributed by atoms with Crippen molar-refractivity contribution in [2.45, 2.75) is 51.6 Å². The molecule has 5 unspecified atom stereocenters. The SMILES string of the molecule is CC(O)C1CCCN(C(=O)C2CC3CCC2C3)C1. The molecule has 18 heavy (non-hydrogen) atoms. The standard InChI is InChI=1S/C15H25NO2/c1-10(17)13-3-2-6-16(9-13)15(18)14-8-11-4-5-12(14)7-11/h10-14,17H,2-9H2,1H3. The van der Waals surface area contributed by atoms with E-state index in [9.17, 15) is 9.90 Å². The molecule has 0 radical (unpaired) electrons. The molecule has 3 rings (SSSR count). The molecule has 1 amide bonds. The summed E-state index contributed by atoms with van der Waals surface area (Å²) in [4.78, 5) is 14.7. The predicted octanol–water partition coefficient (Wildman–Crippen LogP) is 2.04. The Morgan fingerprint density at radius 3 is 2.72 bits per heavy atom. The average molecular weight is 251 g/mol. The molecule has 2 saturated carbocycles. The van der Waals surface area contributed by atoms with E-state index in [2.05, 4.69) is 0 Å². The Balaban J connectivity index is 1.62. The topological polar surface area (TPSA) is 40.5 Å². The van der Waals surface area contributed by atoms with Crippen LogP contribution >= 0.6 is 0 Å². The van der Waals surface area contributed by atoms with Crippen molar-refractivity contribution in [1.82, 2.24) is 4.90 Å². The third kappa shape index (κ3) is 2.18. The highest BCUT2D eigenvalue weighted by molar-refractivity contribution is 5.79. The van der Waals surface area contributed by atoms with Crippen LogP contribution in [-0.4, -0.2) is 35.1 Å². The van der Waals surface area contributed by atoms with E-state index in [1.807, 2.05) is 11.8 Å². The van der Waals surface area contributed by atoms with Gasteiger partial charge in [-0.1, -0.05) is 6.42 Å². The quantitative estimate of drug-likeness (QED) is 0.816. The first kappa shape index (κ1) is 12.5. The molecule has 0 spiro atoms. The average Bonchev–Trinajstić information content (AvgIpc) is 3.00. The second-order valence-corrected chi connectivity index (χ2v) is 6.71. The van der Waals surface area contributed by atoms with Crippen molar-refractivity contribution in [3.8, 4) is 0 Å². The van der Waals surface area contributed by atoms with Gasteiger partial charge in [-0.05, 0) is 50.9 Å². The Kier molecular flexibility index (Phi) is 3.35. The van der Waals surface area contributed by atoms with Gasteiger partial charge in [-0.3, -0.25) is 4.79 Å². The molecular weight excluding hydrogens is 226 g/mol. The zero-order valence-corrected chi connectivity index (χ0v) is 11.3. The van der Waals surface area contributed by atoms with E-state index in [-0.39, 0.29) is 6.10 Å². The maximum absolute atomic E-state index is 12.6. The fourth-order valence-corrected chi connectivity index (χ4v) is 4.39. The van der Waals surface area contributed by atoms with Crippen LogP contribution in [0.4, 0.5) is 0 Å². The van der Waals surface area contributed by atoms with Gasteiger partial charge in [0.1, 0.15) is 0 Å². The van der Waals surface area contributed by atoms with Crippen LogP contribution in [0.2, 0.25) is 0 Å². The van der Waals surface area contributed by atoms with E-state index in [1.54, 1.807) is 0 Å². The number of nitrogens with zero attached hydrogens (tertiary/aromatic N) is 1. The van der Waals surface area contributed by atoms with Crippen molar-refractivity contribution in [3.63, 3.8) is 0 Å². The number of amides is 1. The highest BCUT2D eigenvalue weighted by atomic mass is 16.3. The number of hydrogen-bond donors (Lipinski definition) is 1. The molecule has 1 N–H and O–H groups in total. The summed E-state index contributed by atoms with van der Waals surface area (Å²) in [5, 5.41) is 9.71. The first-order valence-corrected chi connectivity index (χ1v) is 7.62. The Labute approximate surface area is 110 Å². The number of fused-ring (bicyclic) bond motifs is 2. The Bertz CT molecular complexity index is 328. The molecule has 0 aromatic carbocycles. The molecule has 2 aliphatic carbocycles. The smallest absolute Gasteiger partial charge is 0.225 e. The summed E-state index contributed by atoms with van der Waals surface area (Å²) in [5.74, 6) is 2.51. The van der Waals surface area contributed by atoms with Crippen LogP contribution in [0.3, 0.4) is 0 Å². The minimum atomic E-state index is -0.277. The molecule has 3 nitrogen and oxygen atoms in total. The predicted molar refractivity (Wildman–Crippen MR) is 69.9 cm³/mol. The third-order valence-electron chi connectivity index (χ3n) is 5.51. The highest BCUT2D eigenvalue weighted by Gasteiger charge is 2.44. The van der Waals surface area contributed by atoms with E-state index in [1.165, 1.54) is 19.3 Å². The minimum absolute atomic E-state index is 0.277. The van der Waals surface area contributed by atoms with Crippen LogP contribution in [0.1, 0.15) is 45.4 Å². The Morgan fingerprint density at radius 1 is 1.28 bits per heavy atom. The number of piperidine rings is 1. The first-order chi connectivity index (χ1) is 8.65. The lowest BCUT2D eigenvalue weighted by atomic mass is 9.86. The van der Waals surface area contributed by atoms with E-state index >= 15 is 0 Å². The van der Waals surface area contributed by atoms with Gasteiger partial charge in [-0.2, -0.15) is 0 Å². The summed E-state index contributed by atoms with van der Waals surface area (Å²) in [6, 6.07) is 0. The molecule has 0 aromatic heterocycles. The van der Waals surface area contributed by atoms with Crippen LogP contribution in [0.25, 0.3) is 0 Å². The van der Waals surface area contributed by atoms with Gasteiger partial charge in [0.2, 0.25) is 5.91 Å². The maximum Gasteiger partial charge on any atom is 0.225 e. The Morgan fingerprint density at radius 2 is 2.11 bits per heavy atom. The van der Waals surface area contributed by atoms with Gasteiger partial charge in [-0.25, -0.2) is 0 Å². The number of likely N-dealkylation sites (tertiary alicyclic amines) is 1. The summed E-state index contributed by atoms with van der Waals surface area (Å²) in [5.41, 5.74) is 0. The van der Waals surface area contributed by atoms with Gasteiger partial charge in [0.15, 0.2) is 0 Å². The summed E-state index contributed by atoms with van der Waals surface area (Å²) in [6.07, 6.45) is 6.91. The van der Waals surface area contributed by atoms with Crippen molar-refractivity contribution >= 4 is 5.91 Å². The monoisotopic (exact) mass is 251 g/mol. The fraction of sp³-hybridized carbons (Fsp3) is 0.933. The lowest BCUT2D eigenvalue weighted by Crippen LogP contribution is -2.46. The van der Waals surface area contributed by atoms with Crippen molar-refractivity contribution in [3.05, 3.63) is 0 Å². The van der Waals surface area contributed by atoms with Crippen LogP contribution in [0.5, 0.6) is 0 Å². The van der Waals surface area contributed by atoms with Crippen molar-refractivity contribution in [2.75, 3.05) is 13.1 Å². The maximum atomic E-state index is 12.6. The van der Waals surface area contributed by atoms with Crippen LogP contribution in [0.15, 0.2) is 0 Å². The largest absolute Gasteiger partial charge is 0.393 e. The fourth-order valence-electron chi connectivity index (χ4n) is 4.39. The lowest BCUT2D eigenvalue weighted by molar-refractivity contribution is -0.139. The first-order valence-electron chi connectivity index (χ1n) is 7.62. The second kappa shape index (κ2) is 4.84. The molecular formula is C15H25NO2. The lowest BCUT2D eigenvalue weighted by Gasteiger charge is -2.37. The number of aliphatic hydroxyl groups excluding tert-OH is 1. The molecule has 1 heterocycles. The number of carbonyl (C=O) groups is 1. The van der Waals surface area contributed by atoms with Crippen LogP contribution in [0, 0.1) is 23.7 Å². The van der Waals surface area contributed by atoms with E-state index in [4.69, 9.17) is 0 Å². The van der Waals surface area contributed by atoms with E-state index < -0.39 is 0 Å². The van der Waals surface area contributed by atoms with Crippen molar-refractivity contribution < 1.29 is 9.90 Å². The van der Waals surface area contributed by atoms with Gasteiger partial charge < -0.3 is 10.0 Å². The van der Waals surface area contributed by atoms with Crippen LogP contribution < -0.4 is 0 Å². The zero-order valence-electron chi connectivity index (χ0n) is 11.3. The molecule has 2 bridgehead atoms. The number of carbonyl (C=O) groups excluding carboxylic acids is 1. The summed E-state index contributed by atoms with van der Waals surface area (Å²) >= 11 is 0. The van der Waals surface area contributed by atoms with E-state index in [0.717, 1.165) is 38.3 Å². The molecule has 3 aliphatic rings. The summed E-state index contributed by atoms with van der Waals surface area (Å²) in [6.45, 7) is 3.55. The van der Waals surface area contributed by atoms with E-state index in [0.29, 0.717) is 23.7 Å². The molecule has 3 heteroatoms. The molecule has 102 valence electrons. The van der Waals surface area contributed by atoms with Crippen LogP contribution in [-0.2, 0) is 4.79 Å². The van der Waals surface area contributed by atoms with Gasteiger partial charge in [0.05, 0.1) is 6.10 Å². The van der Waals surface area contributed by atoms with Gasteiger partial charge >= 0.3 is 0 Å². The number of aliphatic hydroxyl groups is 1. The normalized spacial score (nSPS) is 41.1. The molecule has 5 atom stereocenters. The Hall–Kier alpha value is -0.570.